The molecule has 1 amide bonds. The highest BCUT2D eigenvalue weighted by molar-refractivity contribution is 6.30. The van der Waals surface area contributed by atoms with Crippen LogP contribution in [0.1, 0.15) is 45.5 Å². The fourth-order valence-electron chi connectivity index (χ4n) is 2.64. The van der Waals surface area contributed by atoms with E-state index in [1.54, 1.807) is 0 Å². The molecule has 1 aromatic rings. The standard InChI is InChI=1S/C15H23ClN4O/c1-6-11-13(16)17-9(2)18-14(11)19-10-7-12(21)20(8-10)15(3,4)5/h10H,6-8H2,1-5H3,(H,17,18,19). The Labute approximate surface area is 131 Å². The molecule has 1 saturated heterocycles. The van der Waals surface area contributed by atoms with Crippen LogP contribution in [0.4, 0.5) is 5.82 Å². The molecule has 1 N–H and O–H groups in total. The van der Waals surface area contributed by atoms with Crippen molar-refractivity contribution in [2.75, 3.05) is 11.9 Å². The maximum atomic E-state index is 12.1. The topological polar surface area (TPSA) is 58.1 Å². The molecule has 1 aliphatic heterocycles. The van der Waals surface area contributed by atoms with Gasteiger partial charge in [-0.2, -0.15) is 0 Å². The molecule has 1 aliphatic rings. The second kappa shape index (κ2) is 5.79. The van der Waals surface area contributed by atoms with E-state index in [9.17, 15) is 4.79 Å². The van der Waals surface area contributed by atoms with Crippen molar-refractivity contribution in [3.63, 3.8) is 0 Å². The normalized spacial score (nSPS) is 19.2. The van der Waals surface area contributed by atoms with Crippen molar-refractivity contribution in [2.45, 2.75) is 59.0 Å². The Hall–Kier alpha value is -1.36. The van der Waals surface area contributed by atoms with Gasteiger partial charge in [0.15, 0.2) is 0 Å². The number of nitrogens with zero attached hydrogens (tertiary/aromatic N) is 3. The predicted octanol–water partition coefficient (Wildman–Crippen LogP) is 2.81. The van der Waals surface area contributed by atoms with Crippen molar-refractivity contribution >= 4 is 23.3 Å². The van der Waals surface area contributed by atoms with Crippen LogP contribution in [0.3, 0.4) is 0 Å². The third kappa shape index (κ3) is 3.46. The van der Waals surface area contributed by atoms with Crippen LogP contribution >= 0.6 is 11.6 Å². The summed E-state index contributed by atoms with van der Waals surface area (Å²) in [5, 5.41) is 3.87. The summed E-state index contributed by atoms with van der Waals surface area (Å²) in [7, 11) is 0. The summed E-state index contributed by atoms with van der Waals surface area (Å²) < 4.78 is 0. The molecule has 2 heterocycles. The molecule has 0 bridgehead atoms. The molecule has 21 heavy (non-hydrogen) atoms. The minimum absolute atomic E-state index is 0.0624. The lowest BCUT2D eigenvalue weighted by Gasteiger charge is -2.32. The van der Waals surface area contributed by atoms with Crippen molar-refractivity contribution in [1.29, 1.82) is 0 Å². The van der Waals surface area contributed by atoms with Gasteiger partial charge in [-0.25, -0.2) is 9.97 Å². The van der Waals surface area contributed by atoms with Gasteiger partial charge in [0.1, 0.15) is 16.8 Å². The lowest BCUT2D eigenvalue weighted by Crippen LogP contribution is -2.43. The smallest absolute Gasteiger partial charge is 0.225 e. The summed E-state index contributed by atoms with van der Waals surface area (Å²) in [6, 6.07) is 0.0624. The highest BCUT2D eigenvalue weighted by atomic mass is 35.5. The highest BCUT2D eigenvalue weighted by Crippen LogP contribution is 2.27. The number of likely N-dealkylation sites (tertiary alicyclic amines) is 1. The maximum absolute atomic E-state index is 12.1. The van der Waals surface area contributed by atoms with Crippen molar-refractivity contribution in [3.05, 3.63) is 16.5 Å². The molecule has 1 fully saturated rings. The number of halogens is 1. The van der Waals surface area contributed by atoms with E-state index in [-0.39, 0.29) is 17.5 Å². The van der Waals surface area contributed by atoms with Gasteiger partial charge in [0.25, 0.3) is 0 Å². The molecule has 2 rings (SSSR count). The molecule has 1 aromatic heterocycles. The van der Waals surface area contributed by atoms with Gasteiger partial charge >= 0.3 is 0 Å². The predicted molar refractivity (Wildman–Crippen MR) is 84.7 cm³/mol. The first-order valence-electron chi connectivity index (χ1n) is 7.32. The molecule has 5 nitrogen and oxygen atoms in total. The minimum atomic E-state index is -0.152. The number of rotatable bonds is 3. The Morgan fingerprint density at radius 3 is 2.57 bits per heavy atom. The Morgan fingerprint density at radius 2 is 2.05 bits per heavy atom. The number of carbonyl (C=O) groups is 1. The number of anilines is 1. The number of carbonyl (C=O) groups excluding carboxylic acids is 1. The Balaban J connectivity index is 2.19. The average molecular weight is 311 g/mol. The van der Waals surface area contributed by atoms with Crippen LogP contribution < -0.4 is 5.32 Å². The van der Waals surface area contributed by atoms with E-state index in [1.807, 2.05) is 18.7 Å². The van der Waals surface area contributed by atoms with E-state index < -0.39 is 0 Å². The zero-order valence-corrected chi connectivity index (χ0v) is 14.1. The van der Waals surface area contributed by atoms with Crippen molar-refractivity contribution in [3.8, 4) is 0 Å². The van der Waals surface area contributed by atoms with E-state index in [1.165, 1.54) is 0 Å². The fourth-order valence-corrected chi connectivity index (χ4v) is 2.99. The van der Waals surface area contributed by atoms with Crippen molar-refractivity contribution in [2.24, 2.45) is 0 Å². The number of aromatic nitrogens is 2. The number of amides is 1. The Kier molecular flexibility index (Phi) is 4.42. The number of hydrogen-bond acceptors (Lipinski definition) is 4. The summed E-state index contributed by atoms with van der Waals surface area (Å²) in [4.78, 5) is 22.7. The molecular formula is C15H23ClN4O. The molecule has 116 valence electrons. The number of hydrogen-bond donors (Lipinski definition) is 1. The van der Waals surface area contributed by atoms with E-state index in [0.717, 1.165) is 17.8 Å². The third-order valence-corrected chi connectivity index (χ3v) is 4.01. The minimum Gasteiger partial charge on any atom is -0.365 e. The third-order valence-electron chi connectivity index (χ3n) is 3.70. The molecular weight excluding hydrogens is 288 g/mol. The quantitative estimate of drug-likeness (QED) is 0.872. The van der Waals surface area contributed by atoms with Crippen LogP contribution in [-0.2, 0) is 11.2 Å². The number of aryl methyl sites for hydroxylation is 1. The lowest BCUT2D eigenvalue weighted by molar-refractivity contribution is -0.131. The van der Waals surface area contributed by atoms with Gasteiger partial charge < -0.3 is 10.2 Å². The van der Waals surface area contributed by atoms with Gasteiger partial charge in [-0.1, -0.05) is 18.5 Å². The monoisotopic (exact) mass is 310 g/mol. The first-order valence-corrected chi connectivity index (χ1v) is 7.70. The van der Waals surface area contributed by atoms with Gasteiger partial charge in [-0.05, 0) is 34.1 Å². The lowest BCUT2D eigenvalue weighted by atomic mass is 10.1. The zero-order valence-electron chi connectivity index (χ0n) is 13.3. The van der Waals surface area contributed by atoms with Crippen molar-refractivity contribution < 1.29 is 4.79 Å². The summed E-state index contributed by atoms with van der Waals surface area (Å²) in [6.45, 7) is 10.7. The van der Waals surface area contributed by atoms with E-state index >= 15 is 0 Å². The molecule has 6 heteroatoms. The fraction of sp³-hybridized carbons (Fsp3) is 0.667. The molecule has 0 aliphatic carbocycles. The first-order chi connectivity index (χ1) is 9.72. The van der Waals surface area contributed by atoms with E-state index in [0.29, 0.717) is 23.9 Å². The van der Waals surface area contributed by atoms with Crippen LogP contribution in [0.2, 0.25) is 5.15 Å². The molecule has 1 atom stereocenters. The van der Waals surface area contributed by atoms with Gasteiger partial charge in [0.2, 0.25) is 5.91 Å². The van der Waals surface area contributed by atoms with Gasteiger partial charge in [-0.15, -0.1) is 0 Å². The summed E-state index contributed by atoms with van der Waals surface area (Å²) in [6.07, 6.45) is 1.24. The summed E-state index contributed by atoms with van der Waals surface area (Å²) in [5.41, 5.74) is 0.754. The van der Waals surface area contributed by atoms with Gasteiger partial charge in [0.05, 0.1) is 6.04 Å². The largest absolute Gasteiger partial charge is 0.365 e. The molecule has 0 spiro atoms. The SMILES string of the molecule is CCc1c(Cl)nc(C)nc1NC1CC(=O)N(C(C)(C)C)C1. The van der Waals surface area contributed by atoms with Crippen LogP contribution in [0, 0.1) is 6.92 Å². The summed E-state index contributed by atoms with van der Waals surface area (Å²) >= 11 is 6.18. The maximum Gasteiger partial charge on any atom is 0.225 e. The van der Waals surface area contributed by atoms with Gasteiger partial charge in [0, 0.05) is 24.1 Å². The van der Waals surface area contributed by atoms with Crippen LogP contribution in [0.5, 0.6) is 0 Å². The molecule has 0 saturated carbocycles. The van der Waals surface area contributed by atoms with Crippen LogP contribution in [0.15, 0.2) is 0 Å². The van der Waals surface area contributed by atoms with Crippen molar-refractivity contribution in [1.82, 2.24) is 14.9 Å². The molecule has 0 radical (unpaired) electrons. The van der Waals surface area contributed by atoms with E-state index in [4.69, 9.17) is 11.6 Å². The van der Waals surface area contributed by atoms with E-state index in [2.05, 4.69) is 36.1 Å². The Bertz CT molecular complexity index is 553. The highest BCUT2D eigenvalue weighted by Gasteiger charge is 2.36. The average Bonchev–Trinajstić information content (AvgIpc) is 2.69. The second-order valence-electron chi connectivity index (χ2n) is 6.46. The molecule has 1 unspecified atom stereocenters. The zero-order chi connectivity index (χ0) is 15.8. The second-order valence-corrected chi connectivity index (χ2v) is 6.82. The first kappa shape index (κ1) is 16.0. The van der Waals surface area contributed by atoms with Crippen LogP contribution in [-0.4, -0.2) is 38.9 Å². The van der Waals surface area contributed by atoms with Gasteiger partial charge in [-0.3, -0.25) is 4.79 Å². The Morgan fingerprint density at radius 1 is 1.38 bits per heavy atom. The summed E-state index contributed by atoms with van der Waals surface area (Å²) in [5.74, 6) is 1.56. The van der Waals surface area contributed by atoms with Crippen LogP contribution in [0.25, 0.3) is 0 Å². The number of nitrogens with one attached hydrogen (secondary N) is 1. The molecule has 0 aromatic carbocycles.